The lowest BCUT2D eigenvalue weighted by Crippen LogP contribution is -2.47. The van der Waals surface area contributed by atoms with Gasteiger partial charge in [0.1, 0.15) is 5.75 Å². The highest BCUT2D eigenvalue weighted by Gasteiger charge is 2.31. The molecule has 134 valence electrons. The van der Waals surface area contributed by atoms with E-state index in [1.54, 1.807) is 30.3 Å². The van der Waals surface area contributed by atoms with Crippen LogP contribution in [0.4, 0.5) is 23.7 Å². The van der Waals surface area contributed by atoms with Gasteiger partial charge in [0.2, 0.25) is 0 Å². The van der Waals surface area contributed by atoms with Gasteiger partial charge in [-0.15, -0.1) is 13.2 Å². The zero-order chi connectivity index (χ0) is 18.4. The van der Waals surface area contributed by atoms with Gasteiger partial charge in [-0.2, -0.15) is 0 Å². The second-order valence-corrected chi connectivity index (χ2v) is 5.03. The number of ether oxygens (including phenoxy) is 1. The molecule has 0 aliphatic rings. The topological polar surface area (TPSA) is 87.8 Å². The number of hydrogen-bond donors (Lipinski definition) is 3. The van der Waals surface area contributed by atoms with Crippen molar-refractivity contribution in [2.45, 2.75) is 19.3 Å². The van der Waals surface area contributed by atoms with E-state index in [2.05, 4.69) is 10.1 Å². The Hall–Kier alpha value is -2.78. The minimum Gasteiger partial charge on any atom is -0.406 e. The molecule has 2 rings (SSSR count). The number of carbonyl (C=O) groups is 1. The van der Waals surface area contributed by atoms with Crippen LogP contribution in [-0.2, 0) is 6.54 Å². The Morgan fingerprint density at radius 2 is 1.88 bits per heavy atom. The normalized spacial score (nSPS) is 12.4. The van der Waals surface area contributed by atoms with Crippen LogP contribution in [0.5, 0.6) is 5.75 Å². The summed E-state index contributed by atoms with van der Waals surface area (Å²) >= 11 is 0. The maximum atomic E-state index is 12.3. The molecule has 6 nitrogen and oxygen atoms in total. The second kappa shape index (κ2) is 7.86. The molecule has 0 heterocycles. The average molecular weight is 355 g/mol. The number of nitrogens with one attached hydrogen (secondary N) is 1. The van der Waals surface area contributed by atoms with Crippen LogP contribution in [-0.4, -0.2) is 28.8 Å². The minimum absolute atomic E-state index is 0.0169. The Morgan fingerprint density at radius 3 is 2.48 bits per heavy atom. The number of rotatable bonds is 5. The van der Waals surface area contributed by atoms with Crippen molar-refractivity contribution in [3.63, 3.8) is 0 Å². The highest BCUT2D eigenvalue weighted by Crippen LogP contribution is 2.25. The molecule has 0 bridgehead atoms. The molecule has 1 atom stereocenters. The lowest BCUT2D eigenvalue weighted by Gasteiger charge is -2.25. The first-order valence-corrected chi connectivity index (χ1v) is 7.15. The van der Waals surface area contributed by atoms with E-state index in [1.165, 1.54) is 12.1 Å². The molecule has 0 fully saturated rings. The Balaban J connectivity index is 2.09. The Labute approximate surface area is 141 Å². The molecule has 0 spiro atoms. The zero-order valence-electron chi connectivity index (χ0n) is 12.9. The summed E-state index contributed by atoms with van der Waals surface area (Å²) in [5, 5.41) is 12.0. The monoisotopic (exact) mass is 355 g/mol. The van der Waals surface area contributed by atoms with Crippen LogP contribution in [0.25, 0.3) is 0 Å². The summed E-state index contributed by atoms with van der Waals surface area (Å²) in [4.78, 5) is 13.2. The third-order valence-electron chi connectivity index (χ3n) is 3.09. The Bertz CT molecular complexity index is 709. The highest BCUT2D eigenvalue weighted by molar-refractivity contribution is 5.89. The molecule has 0 aliphatic carbocycles. The summed E-state index contributed by atoms with van der Waals surface area (Å²) in [6.07, 6.45) is -6.43. The summed E-state index contributed by atoms with van der Waals surface area (Å²) in [5.74, 6) is -0.479. The number of aliphatic hydroxyl groups is 1. The molecule has 0 saturated carbocycles. The number of anilines is 1. The molecule has 0 aromatic heterocycles. The first-order chi connectivity index (χ1) is 11.7. The fourth-order valence-corrected chi connectivity index (χ4v) is 2.03. The maximum absolute atomic E-state index is 12.3. The van der Waals surface area contributed by atoms with Gasteiger partial charge in [-0.3, -0.25) is 10.6 Å². The van der Waals surface area contributed by atoms with Gasteiger partial charge < -0.3 is 15.2 Å². The van der Waals surface area contributed by atoms with Crippen LogP contribution in [0.1, 0.15) is 5.56 Å². The number of hydrogen-bond acceptors (Lipinski definition) is 4. The third-order valence-corrected chi connectivity index (χ3v) is 3.09. The first kappa shape index (κ1) is 18.6. The van der Waals surface area contributed by atoms with Gasteiger partial charge in [0, 0.05) is 11.8 Å². The van der Waals surface area contributed by atoms with Gasteiger partial charge >= 0.3 is 12.4 Å². The van der Waals surface area contributed by atoms with E-state index in [-0.39, 0.29) is 12.2 Å². The smallest absolute Gasteiger partial charge is 0.406 e. The molecule has 9 heteroatoms. The average Bonchev–Trinajstić information content (AvgIpc) is 2.52. The number of nitrogens with zero attached hydrogens (tertiary/aromatic N) is 1. The molecule has 4 N–H and O–H groups in total. The van der Waals surface area contributed by atoms with Crippen molar-refractivity contribution in [1.29, 1.82) is 0 Å². The molecule has 2 aromatic rings. The van der Waals surface area contributed by atoms with Gasteiger partial charge in [-0.05, 0) is 17.7 Å². The van der Waals surface area contributed by atoms with E-state index >= 15 is 0 Å². The number of nitrogens with two attached hydrogens (primary N) is 1. The van der Waals surface area contributed by atoms with Gasteiger partial charge in [0.05, 0.1) is 6.54 Å². The fourth-order valence-electron chi connectivity index (χ4n) is 2.03. The van der Waals surface area contributed by atoms with E-state index in [1.807, 2.05) is 0 Å². The molecular formula is C16H16F3N3O3. The second-order valence-electron chi connectivity index (χ2n) is 5.03. The summed E-state index contributed by atoms with van der Waals surface area (Å²) in [6, 6.07) is 12.8. The lowest BCUT2D eigenvalue weighted by molar-refractivity contribution is -0.274. The lowest BCUT2D eigenvalue weighted by atomic mass is 10.2. The Morgan fingerprint density at radius 1 is 1.20 bits per heavy atom. The van der Waals surface area contributed by atoms with E-state index in [4.69, 9.17) is 5.73 Å². The van der Waals surface area contributed by atoms with Gasteiger partial charge in [0.15, 0.2) is 6.35 Å². The molecule has 0 radical (unpaired) electrons. The number of aliphatic hydroxyl groups excluding tert-OH is 1. The standard InChI is InChI=1S/C16H16F3N3O3/c17-16(18,19)25-13-8-4-7-12(9-13)21-15(24)22(14(20)23)10-11-5-2-1-3-6-11/h1-9,14,23H,10,20H2,(H,21,24). The van der Waals surface area contributed by atoms with Crippen LogP contribution >= 0.6 is 0 Å². The molecular weight excluding hydrogens is 339 g/mol. The molecule has 25 heavy (non-hydrogen) atoms. The summed E-state index contributed by atoms with van der Waals surface area (Å²) in [5.41, 5.74) is 6.18. The highest BCUT2D eigenvalue weighted by atomic mass is 19.4. The third kappa shape index (κ3) is 5.98. The SMILES string of the molecule is NC(O)N(Cc1ccccc1)C(=O)Nc1cccc(OC(F)(F)F)c1. The number of urea groups is 1. The fraction of sp³-hybridized carbons (Fsp3) is 0.188. The zero-order valence-corrected chi connectivity index (χ0v) is 12.9. The quantitative estimate of drug-likeness (QED) is 0.720. The van der Waals surface area contributed by atoms with Gasteiger partial charge in [0.25, 0.3) is 0 Å². The minimum atomic E-state index is -4.84. The van der Waals surface area contributed by atoms with Crippen LogP contribution in [0.2, 0.25) is 0 Å². The van der Waals surface area contributed by atoms with Crippen LogP contribution in [0, 0.1) is 0 Å². The van der Waals surface area contributed by atoms with Crippen molar-refractivity contribution < 1.29 is 27.8 Å². The van der Waals surface area contributed by atoms with Crippen molar-refractivity contribution >= 4 is 11.7 Å². The van der Waals surface area contributed by atoms with Crippen LogP contribution in [0.3, 0.4) is 0 Å². The van der Waals surface area contributed by atoms with Crippen molar-refractivity contribution in [3.8, 4) is 5.75 Å². The van der Waals surface area contributed by atoms with E-state index < -0.39 is 24.5 Å². The number of alkyl halides is 3. The van der Waals surface area contributed by atoms with E-state index in [0.717, 1.165) is 22.6 Å². The predicted octanol–water partition coefficient (Wildman–Crippen LogP) is 2.85. The predicted molar refractivity (Wildman–Crippen MR) is 84.3 cm³/mol. The molecule has 2 amide bonds. The van der Waals surface area contributed by atoms with Gasteiger partial charge in [-0.1, -0.05) is 36.4 Å². The van der Waals surface area contributed by atoms with Crippen LogP contribution < -0.4 is 15.8 Å². The van der Waals surface area contributed by atoms with Gasteiger partial charge in [-0.25, -0.2) is 4.79 Å². The van der Waals surface area contributed by atoms with E-state index in [0.29, 0.717) is 0 Å². The number of carbonyl (C=O) groups excluding carboxylic acids is 1. The van der Waals surface area contributed by atoms with Crippen molar-refractivity contribution in [1.82, 2.24) is 4.90 Å². The molecule has 2 aromatic carbocycles. The summed E-state index contributed by atoms with van der Waals surface area (Å²) < 4.78 is 40.5. The molecule has 0 aliphatic heterocycles. The molecule has 0 saturated heterocycles. The first-order valence-electron chi connectivity index (χ1n) is 7.15. The summed E-state index contributed by atoms with van der Waals surface area (Å²) in [7, 11) is 0. The number of halogens is 3. The maximum Gasteiger partial charge on any atom is 0.573 e. The Kier molecular flexibility index (Phi) is 5.84. The van der Waals surface area contributed by atoms with Crippen molar-refractivity contribution in [2.75, 3.05) is 5.32 Å². The molecule has 1 unspecified atom stereocenters. The van der Waals surface area contributed by atoms with E-state index in [9.17, 15) is 23.1 Å². The van der Waals surface area contributed by atoms with Crippen molar-refractivity contribution in [3.05, 3.63) is 60.2 Å². The number of benzene rings is 2. The van der Waals surface area contributed by atoms with Crippen molar-refractivity contribution in [2.24, 2.45) is 5.73 Å². The summed E-state index contributed by atoms with van der Waals surface area (Å²) in [6.45, 7) is 0.0169. The number of amides is 2. The van der Waals surface area contributed by atoms with Crippen LogP contribution in [0.15, 0.2) is 54.6 Å². The largest absolute Gasteiger partial charge is 0.573 e.